The van der Waals surface area contributed by atoms with Gasteiger partial charge in [-0.1, -0.05) is 34.1 Å². The second-order valence-corrected chi connectivity index (χ2v) is 6.77. The summed E-state index contributed by atoms with van der Waals surface area (Å²) >= 11 is 5.24. The highest BCUT2D eigenvalue weighted by molar-refractivity contribution is 9.10. The molecule has 0 fully saturated rings. The molecule has 2 aromatic heterocycles. The predicted octanol–water partition coefficient (Wildman–Crippen LogP) is 4.75. The Morgan fingerprint density at radius 2 is 2.24 bits per heavy atom. The van der Waals surface area contributed by atoms with E-state index in [0.717, 1.165) is 16.7 Å². The van der Waals surface area contributed by atoms with Crippen molar-refractivity contribution >= 4 is 27.3 Å². The van der Waals surface area contributed by atoms with Gasteiger partial charge in [0.25, 0.3) is 0 Å². The van der Waals surface area contributed by atoms with Crippen LogP contribution in [0, 0.1) is 0 Å². The van der Waals surface area contributed by atoms with Crippen LogP contribution in [0.1, 0.15) is 24.1 Å². The van der Waals surface area contributed by atoms with E-state index in [4.69, 9.17) is 0 Å². The van der Waals surface area contributed by atoms with Crippen molar-refractivity contribution in [3.63, 3.8) is 0 Å². The molecule has 2 N–H and O–H groups in total. The number of rotatable bonds is 5. The van der Waals surface area contributed by atoms with Crippen molar-refractivity contribution in [1.29, 1.82) is 0 Å². The van der Waals surface area contributed by atoms with Crippen LogP contribution >= 0.6 is 27.3 Å². The Bertz CT molecular complexity index is 706. The van der Waals surface area contributed by atoms with Gasteiger partial charge in [0.1, 0.15) is 0 Å². The summed E-state index contributed by atoms with van der Waals surface area (Å²) in [6.45, 7) is 2.96. The Kier molecular flexibility index (Phi) is 4.53. The summed E-state index contributed by atoms with van der Waals surface area (Å²) in [5.41, 5.74) is 3.57. The predicted molar refractivity (Wildman–Crippen MR) is 91.3 cm³/mol. The molecule has 0 bridgehead atoms. The molecule has 1 aromatic carbocycles. The van der Waals surface area contributed by atoms with E-state index in [-0.39, 0.29) is 6.04 Å². The van der Waals surface area contributed by atoms with Crippen molar-refractivity contribution in [2.24, 2.45) is 0 Å². The topological polar surface area (TPSA) is 40.7 Å². The average molecular weight is 362 g/mol. The van der Waals surface area contributed by atoms with E-state index in [1.54, 1.807) is 11.3 Å². The van der Waals surface area contributed by atoms with Crippen molar-refractivity contribution in [3.8, 4) is 10.6 Å². The lowest BCUT2D eigenvalue weighted by atomic mass is 10.1. The van der Waals surface area contributed by atoms with Crippen LogP contribution in [0.2, 0.25) is 0 Å². The molecule has 0 aliphatic carbocycles. The van der Waals surface area contributed by atoms with Crippen molar-refractivity contribution in [2.75, 3.05) is 0 Å². The highest BCUT2D eigenvalue weighted by atomic mass is 79.9. The summed E-state index contributed by atoms with van der Waals surface area (Å²) in [4.78, 5) is 1.22. The van der Waals surface area contributed by atoms with Gasteiger partial charge in [-0.25, -0.2) is 0 Å². The summed E-state index contributed by atoms with van der Waals surface area (Å²) < 4.78 is 1.11. The van der Waals surface area contributed by atoms with E-state index in [1.807, 2.05) is 12.3 Å². The number of H-pyrrole nitrogens is 1. The molecule has 108 valence electrons. The summed E-state index contributed by atoms with van der Waals surface area (Å²) in [5, 5.41) is 12.9. The Balaban J connectivity index is 1.70. The largest absolute Gasteiger partial charge is 0.306 e. The maximum atomic E-state index is 4.18. The molecular formula is C16H16BrN3S. The zero-order valence-corrected chi connectivity index (χ0v) is 14.0. The molecule has 0 aliphatic rings. The second-order valence-electron chi connectivity index (χ2n) is 4.91. The van der Waals surface area contributed by atoms with Crippen LogP contribution in [0.25, 0.3) is 10.6 Å². The number of aromatic amines is 1. The van der Waals surface area contributed by atoms with E-state index in [9.17, 15) is 0 Å². The lowest BCUT2D eigenvalue weighted by molar-refractivity contribution is 0.575. The van der Waals surface area contributed by atoms with Gasteiger partial charge in [0.05, 0.1) is 16.8 Å². The minimum Gasteiger partial charge on any atom is -0.306 e. The maximum absolute atomic E-state index is 4.18. The van der Waals surface area contributed by atoms with E-state index >= 15 is 0 Å². The SMILES string of the molecule is CC(NCc1cn[nH]c1-c1cccs1)c1cccc(Br)c1. The molecule has 1 unspecified atom stereocenters. The van der Waals surface area contributed by atoms with Crippen molar-refractivity contribution < 1.29 is 0 Å². The molecule has 5 heteroatoms. The molecule has 2 heterocycles. The fourth-order valence-electron chi connectivity index (χ4n) is 2.24. The third-order valence-corrected chi connectivity index (χ3v) is 4.81. The van der Waals surface area contributed by atoms with Gasteiger partial charge in [0, 0.05) is 22.6 Å². The molecule has 21 heavy (non-hydrogen) atoms. The first-order valence-electron chi connectivity index (χ1n) is 6.79. The molecule has 3 nitrogen and oxygen atoms in total. The van der Waals surface area contributed by atoms with Gasteiger partial charge in [-0.3, -0.25) is 5.10 Å². The number of hydrogen-bond donors (Lipinski definition) is 2. The monoisotopic (exact) mass is 361 g/mol. The first-order chi connectivity index (χ1) is 10.2. The van der Waals surface area contributed by atoms with Crippen molar-refractivity contribution in [3.05, 3.63) is 63.6 Å². The van der Waals surface area contributed by atoms with E-state index in [0.29, 0.717) is 0 Å². The standard InChI is InChI=1S/C16H16BrN3S/c1-11(12-4-2-5-14(17)8-12)18-9-13-10-19-20-16(13)15-6-3-7-21-15/h2-8,10-11,18H,9H2,1H3,(H,19,20). The average Bonchev–Trinajstić information content (AvgIpc) is 3.15. The fourth-order valence-corrected chi connectivity index (χ4v) is 3.41. The zero-order chi connectivity index (χ0) is 14.7. The van der Waals surface area contributed by atoms with Gasteiger partial charge in [-0.15, -0.1) is 11.3 Å². The van der Waals surface area contributed by atoms with Gasteiger partial charge in [-0.2, -0.15) is 5.10 Å². The molecule has 0 amide bonds. The smallest absolute Gasteiger partial charge is 0.0794 e. The third kappa shape index (κ3) is 3.43. The minimum atomic E-state index is 0.286. The number of nitrogens with zero attached hydrogens (tertiary/aromatic N) is 1. The Hall–Kier alpha value is -1.43. The van der Waals surface area contributed by atoms with Gasteiger partial charge < -0.3 is 5.32 Å². The molecule has 0 radical (unpaired) electrons. The lowest BCUT2D eigenvalue weighted by Crippen LogP contribution is -2.18. The molecule has 0 aliphatic heterocycles. The molecule has 0 spiro atoms. The van der Waals surface area contributed by atoms with E-state index in [2.05, 4.69) is 74.1 Å². The summed E-state index contributed by atoms with van der Waals surface area (Å²) in [5.74, 6) is 0. The van der Waals surface area contributed by atoms with Crippen molar-refractivity contribution in [2.45, 2.75) is 19.5 Å². The van der Waals surface area contributed by atoms with E-state index < -0.39 is 0 Å². The molecule has 0 saturated carbocycles. The van der Waals surface area contributed by atoms with Crippen LogP contribution in [0.5, 0.6) is 0 Å². The number of thiophene rings is 1. The van der Waals surface area contributed by atoms with Crippen LogP contribution in [0.15, 0.2) is 52.4 Å². The highest BCUT2D eigenvalue weighted by Crippen LogP contribution is 2.26. The normalized spacial score (nSPS) is 12.5. The molecular weight excluding hydrogens is 346 g/mol. The Morgan fingerprint density at radius 1 is 1.33 bits per heavy atom. The van der Waals surface area contributed by atoms with Gasteiger partial charge in [0.2, 0.25) is 0 Å². The second kappa shape index (κ2) is 6.56. The summed E-state index contributed by atoms with van der Waals surface area (Å²) in [6, 6.07) is 12.8. The number of benzene rings is 1. The maximum Gasteiger partial charge on any atom is 0.0794 e. The van der Waals surface area contributed by atoms with Gasteiger partial charge >= 0.3 is 0 Å². The van der Waals surface area contributed by atoms with Gasteiger partial charge in [0.15, 0.2) is 0 Å². The Labute approximate surface area is 136 Å². The summed E-state index contributed by atoms with van der Waals surface area (Å²) in [7, 11) is 0. The van der Waals surface area contributed by atoms with Crippen LogP contribution in [-0.2, 0) is 6.54 Å². The van der Waals surface area contributed by atoms with E-state index in [1.165, 1.54) is 16.0 Å². The van der Waals surface area contributed by atoms with Gasteiger partial charge in [-0.05, 0) is 36.1 Å². The lowest BCUT2D eigenvalue weighted by Gasteiger charge is -2.14. The summed E-state index contributed by atoms with van der Waals surface area (Å²) in [6.07, 6.45) is 1.90. The Morgan fingerprint density at radius 3 is 3.00 bits per heavy atom. The highest BCUT2D eigenvalue weighted by Gasteiger charge is 2.11. The van der Waals surface area contributed by atoms with Crippen molar-refractivity contribution in [1.82, 2.24) is 15.5 Å². The van der Waals surface area contributed by atoms with Crippen LogP contribution in [0.3, 0.4) is 0 Å². The molecule has 1 atom stereocenters. The van der Waals surface area contributed by atoms with Crippen LogP contribution < -0.4 is 5.32 Å². The molecule has 0 saturated heterocycles. The number of halogens is 1. The fraction of sp³-hybridized carbons (Fsp3) is 0.188. The minimum absolute atomic E-state index is 0.286. The first-order valence-corrected chi connectivity index (χ1v) is 8.46. The number of nitrogens with one attached hydrogen (secondary N) is 2. The number of hydrogen-bond acceptors (Lipinski definition) is 3. The number of aromatic nitrogens is 2. The van der Waals surface area contributed by atoms with Crippen LogP contribution in [0.4, 0.5) is 0 Å². The molecule has 3 rings (SSSR count). The third-order valence-electron chi connectivity index (χ3n) is 3.43. The van der Waals surface area contributed by atoms with Crippen LogP contribution in [-0.4, -0.2) is 10.2 Å². The quantitative estimate of drug-likeness (QED) is 0.688. The molecule has 3 aromatic rings. The first kappa shape index (κ1) is 14.5. The zero-order valence-electron chi connectivity index (χ0n) is 11.6.